The molecule has 0 radical (unpaired) electrons. The monoisotopic (exact) mass is 476 g/mol. The average Bonchev–Trinajstić information content (AvgIpc) is 2.78. The third kappa shape index (κ3) is 4.62. The number of benzene rings is 3. The highest BCUT2D eigenvalue weighted by molar-refractivity contribution is 6.36. The maximum atomic E-state index is 13.7. The van der Waals surface area contributed by atoms with E-state index in [1.165, 1.54) is 0 Å². The Morgan fingerprint density at radius 3 is 2.27 bits per heavy atom. The SMILES string of the molecule is CCc1cccc(CC)c1NC(=O)c1cc(-c2ccc(Cl)cc2Cl)nc2c(C)cc(C)cc12. The van der Waals surface area contributed by atoms with Crippen molar-refractivity contribution in [2.45, 2.75) is 40.5 Å². The summed E-state index contributed by atoms with van der Waals surface area (Å²) in [7, 11) is 0. The van der Waals surface area contributed by atoms with Gasteiger partial charge in [0.05, 0.1) is 21.8 Å². The largest absolute Gasteiger partial charge is 0.321 e. The lowest BCUT2D eigenvalue weighted by Crippen LogP contribution is -2.16. The Labute approximate surface area is 204 Å². The van der Waals surface area contributed by atoms with E-state index in [0.717, 1.165) is 57.2 Å². The summed E-state index contributed by atoms with van der Waals surface area (Å²) >= 11 is 12.6. The Kier molecular flexibility index (Phi) is 6.73. The van der Waals surface area contributed by atoms with E-state index in [-0.39, 0.29) is 5.91 Å². The molecule has 0 bridgehead atoms. The van der Waals surface area contributed by atoms with E-state index in [0.29, 0.717) is 21.3 Å². The van der Waals surface area contributed by atoms with Crippen molar-refractivity contribution >= 4 is 45.7 Å². The lowest BCUT2D eigenvalue weighted by molar-refractivity contribution is 0.102. The molecule has 4 rings (SSSR count). The fourth-order valence-corrected chi connectivity index (χ4v) is 4.79. The molecule has 0 spiro atoms. The van der Waals surface area contributed by atoms with Gasteiger partial charge in [0.25, 0.3) is 5.91 Å². The Bertz CT molecular complexity index is 1360. The summed E-state index contributed by atoms with van der Waals surface area (Å²) < 4.78 is 0. The van der Waals surface area contributed by atoms with E-state index in [4.69, 9.17) is 28.2 Å². The number of halogens is 2. The highest BCUT2D eigenvalue weighted by atomic mass is 35.5. The van der Waals surface area contributed by atoms with Crippen molar-refractivity contribution in [2.24, 2.45) is 0 Å². The summed E-state index contributed by atoms with van der Waals surface area (Å²) in [6, 6.07) is 17.4. The van der Waals surface area contributed by atoms with Crippen LogP contribution in [0.15, 0.2) is 54.6 Å². The number of amides is 1. The summed E-state index contributed by atoms with van der Waals surface area (Å²) in [5, 5.41) is 5.08. The first-order valence-electron chi connectivity index (χ1n) is 11.1. The number of hydrogen-bond acceptors (Lipinski definition) is 2. The second-order valence-electron chi connectivity index (χ2n) is 8.27. The molecule has 0 atom stereocenters. The molecule has 0 saturated carbocycles. The maximum absolute atomic E-state index is 13.7. The van der Waals surface area contributed by atoms with Crippen LogP contribution in [0, 0.1) is 13.8 Å². The van der Waals surface area contributed by atoms with Crippen molar-refractivity contribution in [2.75, 3.05) is 5.32 Å². The maximum Gasteiger partial charge on any atom is 0.256 e. The molecule has 0 aliphatic carbocycles. The van der Waals surface area contributed by atoms with Crippen molar-refractivity contribution in [1.29, 1.82) is 0 Å². The second-order valence-corrected chi connectivity index (χ2v) is 9.11. The molecule has 4 aromatic rings. The number of carbonyl (C=O) groups is 1. The Morgan fingerprint density at radius 2 is 1.64 bits per heavy atom. The number of para-hydroxylation sites is 1. The van der Waals surface area contributed by atoms with Gasteiger partial charge in [0, 0.05) is 21.7 Å². The molecule has 1 N–H and O–H groups in total. The minimum absolute atomic E-state index is 0.158. The number of fused-ring (bicyclic) bond motifs is 1. The lowest BCUT2D eigenvalue weighted by atomic mass is 9.98. The van der Waals surface area contributed by atoms with Gasteiger partial charge in [-0.3, -0.25) is 4.79 Å². The number of aryl methyl sites for hydroxylation is 4. The molecule has 1 amide bonds. The van der Waals surface area contributed by atoms with Gasteiger partial charge in [-0.2, -0.15) is 0 Å². The van der Waals surface area contributed by atoms with E-state index in [9.17, 15) is 4.79 Å². The van der Waals surface area contributed by atoms with Gasteiger partial charge in [-0.15, -0.1) is 0 Å². The fraction of sp³-hybridized carbons (Fsp3) is 0.214. The molecular weight excluding hydrogens is 451 g/mol. The summed E-state index contributed by atoms with van der Waals surface area (Å²) in [5.41, 5.74) is 7.96. The number of aromatic nitrogens is 1. The first-order valence-corrected chi connectivity index (χ1v) is 11.9. The third-order valence-electron chi connectivity index (χ3n) is 5.94. The number of carbonyl (C=O) groups excluding carboxylic acids is 1. The van der Waals surface area contributed by atoms with Gasteiger partial charge in [0.2, 0.25) is 0 Å². The van der Waals surface area contributed by atoms with Crippen molar-refractivity contribution in [3.63, 3.8) is 0 Å². The molecule has 168 valence electrons. The van der Waals surface area contributed by atoms with Crippen LogP contribution in [0.3, 0.4) is 0 Å². The molecule has 0 unspecified atom stereocenters. The topological polar surface area (TPSA) is 42.0 Å². The summed E-state index contributed by atoms with van der Waals surface area (Å²) in [4.78, 5) is 18.6. The smallest absolute Gasteiger partial charge is 0.256 e. The summed E-state index contributed by atoms with van der Waals surface area (Å²) in [5.74, 6) is -0.158. The molecule has 0 aliphatic heterocycles. The molecule has 3 nitrogen and oxygen atoms in total. The molecule has 1 heterocycles. The van der Waals surface area contributed by atoms with Crippen LogP contribution in [0.1, 0.15) is 46.5 Å². The van der Waals surface area contributed by atoms with Gasteiger partial charge in [-0.1, -0.05) is 66.9 Å². The van der Waals surface area contributed by atoms with Gasteiger partial charge >= 0.3 is 0 Å². The van der Waals surface area contributed by atoms with Crippen LogP contribution in [0.25, 0.3) is 22.2 Å². The minimum Gasteiger partial charge on any atom is -0.321 e. The molecule has 5 heteroatoms. The normalized spacial score (nSPS) is 11.1. The van der Waals surface area contributed by atoms with Crippen molar-refractivity contribution < 1.29 is 4.79 Å². The summed E-state index contributed by atoms with van der Waals surface area (Å²) in [6.07, 6.45) is 1.68. The van der Waals surface area contributed by atoms with Gasteiger partial charge in [0.1, 0.15) is 0 Å². The van der Waals surface area contributed by atoms with Gasteiger partial charge in [0.15, 0.2) is 0 Å². The Hall–Kier alpha value is -2.88. The van der Waals surface area contributed by atoms with Gasteiger partial charge < -0.3 is 5.32 Å². The van der Waals surface area contributed by atoms with Gasteiger partial charge in [-0.25, -0.2) is 4.98 Å². The average molecular weight is 477 g/mol. The lowest BCUT2D eigenvalue weighted by Gasteiger charge is -2.17. The van der Waals surface area contributed by atoms with Gasteiger partial charge in [-0.05, 0) is 73.7 Å². The Morgan fingerprint density at radius 1 is 0.939 bits per heavy atom. The predicted octanol–water partition coefficient (Wildman–Crippen LogP) is 8.20. The standard InChI is InChI=1S/C28H26Cl2N2O/c1-5-18-8-7-9-19(6-2)27(18)32-28(33)23-15-25(21-11-10-20(29)14-24(21)30)31-26-17(4)12-16(3)13-22(23)26/h7-15H,5-6H2,1-4H3,(H,32,33). The number of anilines is 1. The zero-order valence-electron chi connectivity index (χ0n) is 19.2. The molecule has 1 aromatic heterocycles. The fourth-order valence-electron chi connectivity index (χ4n) is 4.29. The molecule has 3 aromatic carbocycles. The van der Waals surface area contributed by atoms with Crippen molar-refractivity contribution in [1.82, 2.24) is 4.98 Å². The molecular formula is C28H26Cl2N2O. The second kappa shape index (κ2) is 9.54. The zero-order chi connectivity index (χ0) is 23.7. The number of rotatable bonds is 5. The van der Waals surface area contributed by atoms with E-state index in [1.807, 2.05) is 38.1 Å². The van der Waals surface area contributed by atoms with Crippen LogP contribution in [-0.4, -0.2) is 10.9 Å². The highest BCUT2D eigenvalue weighted by Gasteiger charge is 2.19. The molecule has 0 fully saturated rings. The highest BCUT2D eigenvalue weighted by Crippen LogP contribution is 2.34. The van der Waals surface area contributed by atoms with Crippen molar-refractivity contribution in [3.05, 3.63) is 92.5 Å². The van der Waals surface area contributed by atoms with Crippen LogP contribution >= 0.6 is 23.2 Å². The minimum atomic E-state index is -0.158. The van der Waals surface area contributed by atoms with Crippen LogP contribution in [0.2, 0.25) is 10.0 Å². The van der Waals surface area contributed by atoms with E-state index >= 15 is 0 Å². The van der Waals surface area contributed by atoms with E-state index < -0.39 is 0 Å². The summed E-state index contributed by atoms with van der Waals surface area (Å²) in [6.45, 7) is 8.23. The van der Waals surface area contributed by atoms with E-state index in [2.05, 4.69) is 37.4 Å². The predicted molar refractivity (Wildman–Crippen MR) is 140 cm³/mol. The van der Waals surface area contributed by atoms with Crippen LogP contribution in [-0.2, 0) is 12.8 Å². The van der Waals surface area contributed by atoms with Crippen molar-refractivity contribution in [3.8, 4) is 11.3 Å². The Balaban J connectivity index is 1.92. The van der Waals surface area contributed by atoms with Crippen LogP contribution < -0.4 is 5.32 Å². The number of nitrogens with one attached hydrogen (secondary N) is 1. The molecule has 0 aliphatic rings. The third-order valence-corrected chi connectivity index (χ3v) is 6.49. The van der Waals surface area contributed by atoms with Crippen LogP contribution in [0.5, 0.6) is 0 Å². The molecule has 33 heavy (non-hydrogen) atoms. The molecule has 0 saturated heterocycles. The zero-order valence-corrected chi connectivity index (χ0v) is 20.7. The quantitative estimate of drug-likeness (QED) is 0.315. The van der Waals surface area contributed by atoms with Crippen LogP contribution in [0.4, 0.5) is 5.69 Å². The first-order chi connectivity index (χ1) is 15.8. The first kappa shape index (κ1) is 23.3. The van der Waals surface area contributed by atoms with E-state index in [1.54, 1.807) is 12.1 Å². The number of pyridine rings is 1. The number of nitrogens with zero attached hydrogens (tertiary/aromatic N) is 1. The number of hydrogen-bond donors (Lipinski definition) is 1.